The molecule has 0 fully saturated rings. The Morgan fingerprint density at radius 1 is 1.23 bits per heavy atom. The minimum atomic E-state index is -3.45. The molecule has 0 atom stereocenters. The molecule has 71 valence electrons. The maximum Gasteiger partial charge on any atom is 0.253 e. The van der Waals surface area contributed by atoms with E-state index in [1.165, 1.54) is 12.1 Å². The van der Waals surface area contributed by atoms with Crippen molar-refractivity contribution in [3.05, 3.63) is 36.9 Å². The molecule has 0 aliphatic rings. The van der Waals surface area contributed by atoms with Gasteiger partial charge in [0.15, 0.2) is 0 Å². The fourth-order valence-electron chi connectivity index (χ4n) is 0.871. The van der Waals surface area contributed by atoms with E-state index >= 15 is 0 Å². The SMILES string of the molecule is [CH2]NNS(=O)(=O)c1ccc(C)cc1. The Hall–Kier alpha value is -0.910. The second-order valence-electron chi connectivity index (χ2n) is 2.60. The first kappa shape index (κ1) is 10.2. The van der Waals surface area contributed by atoms with Crippen molar-refractivity contribution in [2.75, 3.05) is 0 Å². The first-order chi connectivity index (χ1) is 6.06. The number of nitrogens with one attached hydrogen (secondary N) is 2. The first-order valence-electron chi connectivity index (χ1n) is 3.67. The third kappa shape index (κ3) is 2.51. The molecular weight excluding hydrogens is 188 g/mol. The largest absolute Gasteiger partial charge is 0.253 e. The number of hydrogen-bond acceptors (Lipinski definition) is 3. The van der Waals surface area contributed by atoms with Crippen molar-refractivity contribution in [2.24, 2.45) is 0 Å². The van der Waals surface area contributed by atoms with Gasteiger partial charge in [0.25, 0.3) is 10.0 Å². The number of rotatable bonds is 3. The molecule has 0 amide bonds. The molecule has 0 unspecified atom stereocenters. The second-order valence-corrected chi connectivity index (χ2v) is 4.28. The Bertz CT molecular complexity index is 370. The summed E-state index contributed by atoms with van der Waals surface area (Å²) in [7, 11) is -0.277. The summed E-state index contributed by atoms with van der Waals surface area (Å²) in [6, 6.07) is 6.54. The van der Waals surface area contributed by atoms with Crippen LogP contribution in [0.5, 0.6) is 0 Å². The Kier molecular flexibility index (Phi) is 3.02. The highest BCUT2D eigenvalue weighted by Gasteiger charge is 2.11. The molecule has 0 heterocycles. The van der Waals surface area contributed by atoms with Crippen molar-refractivity contribution >= 4 is 10.0 Å². The van der Waals surface area contributed by atoms with Crippen LogP contribution in [0.1, 0.15) is 5.56 Å². The van der Waals surface area contributed by atoms with Gasteiger partial charge >= 0.3 is 0 Å². The maximum absolute atomic E-state index is 11.3. The van der Waals surface area contributed by atoms with Gasteiger partial charge in [-0.25, -0.2) is 13.8 Å². The number of sulfonamides is 1. The molecule has 2 N–H and O–H groups in total. The van der Waals surface area contributed by atoms with Crippen LogP contribution < -0.4 is 10.3 Å². The van der Waals surface area contributed by atoms with Crippen molar-refractivity contribution in [3.8, 4) is 0 Å². The highest BCUT2D eigenvalue weighted by atomic mass is 32.2. The standard InChI is InChI=1S/C8H11N2O2S/c1-7-3-5-8(6-4-7)13(11,12)10-9-2/h3-6,9-10H,2H2,1H3. The van der Waals surface area contributed by atoms with Gasteiger partial charge < -0.3 is 0 Å². The van der Waals surface area contributed by atoms with Crippen molar-refractivity contribution in [3.63, 3.8) is 0 Å². The Balaban J connectivity index is 3.02. The number of hydrazine groups is 1. The van der Waals surface area contributed by atoms with E-state index in [-0.39, 0.29) is 4.90 Å². The molecule has 1 radical (unpaired) electrons. The van der Waals surface area contributed by atoms with Gasteiger partial charge in [-0.1, -0.05) is 17.7 Å². The van der Waals surface area contributed by atoms with Crippen molar-refractivity contribution < 1.29 is 8.42 Å². The van der Waals surface area contributed by atoms with Crippen LogP contribution in [0.3, 0.4) is 0 Å². The summed E-state index contributed by atoms with van der Waals surface area (Å²) in [6.07, 6.45) is 0. The van der Waals surface area contributed by atoms with E-state index in [2.05, 4.69) is 17.3 Å². The van der Waals surface area contributed by atoms with E-state index in [1.807, 2.05) is 6.92 Å². The normalized spacial score (nSPS) is 11.5. The highest BCUT2D eigenvalue weighted by molar-refractivity contribution is 7.89. The molecule has 0 bridgehead atoms. The molecule has 4 nitrogen and oxygen atoms in total. The zero-order valence-electron chi connectivity index (χ0n) is 7.24. The summed E-state index contributed by atoms with van der Waals surface area (Å²) in [5, 5.41) is 0. The number of aryl methyl sites for hydroxylation is 1. The molecule has 1 aromatic rings. The lowest BCUT2D eigenvalue weighted by Gasteiger charge is -2.04. The first-order valence-corrected chi connectivity index (χ1v) is 5.15. The molecule has 0 saturated heterocycles. The third-order valence-electron chi connectivity index (χ3n) is 1.54. The monoisotopic (exact) mass is 199 g/mol. The fraction of sp³-hybridized carbons (Fsp3) is 0.125. The average Bonchev–Trinajstić information content (AvgIpc) is 2.05. The van der Waals surface area contributed by atoms with Gasteiger partial charge in [0.2, 0.25) is 0 Å². The third-order valence-corrected chi connectivity index (χ3v) is 2.84. The molecule has 1 aromatic carbocycles. The number of benzene rings is 1. The van der Waals surface area contributed by atoms with Gasteiger partial charge in [0.05, 0.1) is 4.90 Å². The van der Waals surface area contributed by atoms with E-state index in [4.69, 9.17) is 0 Å². The summed E-state index contributed by atoms with van der Waals surface area (Å²) in [6.45, 7) is 1.89. The molecule has 0 aromatic heterocycles. The Morgan fingerprint density at radius 2 is 1.77 bits per heavy atom. The minimum Gasteiger partial charge on any atom is -0.243 e. The summed E-state index contributed by atoms with van der Waals surface area (Å²) in [5.74, 6) is 0. The second kappa shape index (κ2) is 3.87. The van der Waals surface area contributed by atoms with Crippen LogP contribution in [0.4, 0.5) is 0 Å². The topological polar surface area (TPSA) is 58.2 Å². The lowest BCUT2D eigenvalue weighted by molar-refractivity contribution is 0.574. The van der Waals surface area contributed by atoms with Crippen molar-refractivity contribution in [1.29, 1.82) is 0 Å². The van der Waals surface area contributed by atoms with Crippen LogP contribution in [0, 0.1) is 14.0 Å². The van der Waals surface area contributed by atoms with Crippen LogP contribution in [0.15, 0.2) is 29.2 Å². The van der Waals surface area contributed by atoms with Crippen LogP contribution in [-0.2, 0) is 10.0 Å². The van der Waals surface area contributed by atoms with E-state index in [0.29, 0.717) is 0 Å². The van der Waals surface area contributed by atoms with Crippen LogP contribution in [-0.4, -0.2) is 8.42 Å². The lowest BCUT2D eigenvalue weighted by Crippen LogP contribution is -2.32. The zero-order chi connectivity index (χ0) is 9.90. The molecule has 13 heavy (non-hydrogen) atoms. The van der Waals surface area contributed by atoms with Crippen molar-refractivity contribution in [2.45, 2.75) is 11.8 Å². The van der Waals surface area contributed by atoms with Crippen LogP contribution in [0.25, 0.3) is 0 Å². The van der Waals surface area contributed by atoms with E-state index < -0.39 is 10.0 Å². The predicted molar refractivity (Wildman–Crippen MR) is 50.0 cm³/mol. The highest BCUT2D eigenvalue weighted by Crippen LogP contribution is 2.08. The Morgan fingerprint density at radius 3 is 2.23 bits per heavy atom. The van der Waals surface area contributed by atoms with Gasteiger partial charge in [-0.05, 0) is 19.1 Å². The molecule has 0 spiro atoms. The molecule has 1 rings (SSSR count). The summed E-state index contributed by atoms with van der Waals surface area (Å²) < 4.78 is 22.7. The maximum atomic E-state index is 11.3. The van der Waals surface area contributed by atoms with Gasteiger partial charge in [0.1, 0.15) is 0 Å². The molecule has 0 aliphatic heterocycles. The minimum absolute atomic E-state index is 0.217. The molecular formula is C8H11N2O2S. The summed E-state index contributed by atoms with van der Waals surface area (Å²) in [5.41, 5.74) is 3.15. The Labute approximate surface area is 78.0 Å². The smallest absolute Gasteiger partial charge is 0.243 e. The van der Waals surface area contributed by atoms with E-state index in [1.54, 1.807) is 12.1 Å². The quantitative estimate of drug-likeness (QED) is 0.700. The van der Waals surface area contributed by atoms with Gasteiger partial charge in [-0.2, -0.15) is 0 Å². The van der Waals surface area contributed by atoms with Crippen LogP contribution >= 0.6 is 0 Å². The number of hydrogen-bond donors (Lipinski definition) is 2. The van der Waals surface area contributed by atoms with Gasteiger partial charge in [-0.3, -0.25) is 0 Å². The predicted octanol–water partition coefficient (Wildman–Crippen LogP) is 0.570. The fourth-order valence-corrected chi connectivity index (χ4v) is 1.67. The van der Waals surface area contributed by atoms with Crippen molar-refractivity contribution in [1.82, 2.24) is 10.3 Å². The summed E-state index contributed by atoms with van der Waals surface area (Å²) >= 11 is 0. The van der Waals surface area contributed by atoms with Crippen LogP contribution in [0.2, 0.25) is 0 Å². The van der Waals surface area contributed by atoms with E-state index in [0.717, 1.165) is 5.56 Å². The average molecular weight is 199 g/mol. The molecule has 0 aliphatic carbocycles. The van der Waals surface area contributed by atoms with Gasteiger partial charge in [0, 0.05) is 7.05 Å². The van der Waals surface area contributed by atoms with E-state index in [9.17, 15) is 8.42 Å². The van der Waals surface area contributed by atoms with Gasteiger partial charge in [-0.15, -0.1) is 4.83 Å². The zero-order valence-corrected chi connectivity index (χ0v) is 8.06. The molecule has 5 heteroatoms. The summed E-state index contributed by atoms with van der Waals surface area (Å²) in [4.78, 5) is 2.29. The lowest BCUT2D eigenvalue weighted by atomic mass is 10.2. The molecule has 0 saturated carbocycles.